The smallest absolute Gasteiger partial charge is 0.310 e. The van der Waals surface area contributed by atoms with Crippen LogP contribution in [0.5, 0.6) is 0 Å². The Morgan fingerprint density at radius 1 is 1.19 bits per heavy atom. The molecule has 0 atom stereocenters. The highest BCUT2D eigenvalue weighted by atomic mass is 16.6. The van der Waals surface area contributed by atoms with Crippen molar-refractivity contribution in [3.8, 4) is 0 Å². The van der Waals surface area contributed by atoms with E-state index in [1.54, 1.807) is 0 Å². The summed E-state index contributed by atoms with van der Waals surface area (Å²) in [6.45, 7) is 15.5. The second kappa shape index (κ2) is 8.02. The van der Waals surface area contributed by atoms with Crippen LogP contribution in [0.1, 0.15) is 70.4 Å². The highest BCUT2D eigenvalue weighted by Crippen LogP contribution is 2.39. The predicted molar refractivity (Wildman–Crippen MR) is 107 cm³/mol. The lowest BCUT2D eigenvalue weighted by Crippen LogP contribution is -2.45. The molecule has 3 rings (SSSR count). The Hall–Kier alpha value is -1.86. The van der Waals surface area contributed by atoms with Crippen LogP contribution in [0, 0.1) is 6.57 Å². The number of hydrogen-bond donors (Lipinski definition) is 0. The number of carbonyl (C=O) groups excluding carboxylic acids is 1. The maximum absolute atomic E-state index is 12.0. The van der Waals surface area contributed by atoms with Crippen LogP contribution in [0.2, 0.25) is 0 Å². The molecule has 0 unspecified atom stereocenters. The SMILES string of the molecule is [C-]#[N+]C1(c2ccc(CC(=O)OC(C)(C)C)cc2)CCN(C2CCCC2)CC1. The van der Waals surface area contributed by atoms with Crippen molar-refractivity contribution < 1.29 is 9.53 Å². The third-order valence-corrected chi connectivity index (χ3v) is 5.94. The summed E-state index contributed by atoms with van der Waals surface area (Å²) < 4.78 is 5.40. The summed E-state index contributed by atoms with van der Waals surface area (Å²) >= 11 is 0. The van der Waals surface area contributed by atoms with Crippen molar-refractivity contribution in [2.45, 2.75) is 82.9 Å². The van der Waals surface area contributed by atoms with E-state index in [-0.39, 0.29) is 12.4 Å². The maximum Gasteiger partial charge on any atom is 0.310 e. The van der Waals surface area contributed by atoms with Crippen molar-refractivity contribution in [3.63, 3.8) is 0 Å². The van der Waals surface area contributed by atoms with Gasteiger partial charge in [0.1, 0.15) is 5.60 Å². The van der Waals surface area contributed by atoms with Gasteiger partial charge in [-0.25, -0.2) is 6.57 Å². The average Bonchev–Trinajstić information content (AvgIpc) is 3.15. The molecule has 146 valence electrons. The first-order chi connectivity index (χ1) is 12.8. The van der Waals surface area contributed by atoms with E-state index < -0.39 is 11.1 Å². The van der Waals surface area contributed by atoms with E-state index in [4.69, 9.17) is 11.3 Å². The molecule has 0 radical (unpaired) electrons. The molecule has 1 aliphatic heterocycles. The van der Waals surface area contributed by atoms with Gasteiger partial charge in [0.2, 0.25) is 0 Å². The van der Waals surface area contributed by atoms with Gasteiger partial charge in [-0.1, -0.05) is 37.1 Å². The summed E-state index contributed by atoms with van der Waals surface area (Å²) in [6.07, 6.45) is 7.44. The second-order valence-electron chi connectivity index (χ2n) is 9.08. The summed E-state index contributed by atoms with van der Waals surface area (Å²) in [5.74, 6) is -0.208. The fourth-order valence-electron chi connectivity index (χ4n) is 4.47. The zero-order valence-electron chi connectivity index (χ0n) is 17.0. The highest BCUT2D eigenvalue weighted by molar-refractivity contribution is 5.73. The van der Waals surface area contributed by atoms with E-state index >= 15 is 0 Å². The van der Waals surface area contributed by atoms with Gasteiger partial charge in [-0.05, 0) is 39.2 Å². The largest absolute Gasteiger partial charge is 0.460 e. The molecule has 0 spiro atoms. The molecular weight excluding hydrogens is 336 g/mol. The molecule has 4 nitrogen and oxygen atoms in total. The van der Waals surface area contributed by atoms with Gasteiger partial charge in [0.15, 0.2) is 0 Å². The third kappa shape index (κ3) is 4.90. The van der Waals surface area contributed by atoms with Crippen LogP contribution in [0.25, 0.3) is 4.85 Å². The van der Waals surface area contributed by atoms with E-state index in [1.165, 1.54) is 25.7 Å². The first-order valence-corrected chi connectivity index (χ1v) is 10.3. The van der Waals surface area contributed by atoms with Crippen LogP contribution in [0.15, 0.2) is 24.3 Å². The van der Waals surface area contributed by atoms with Crippen LogP contribution >= 0.6 is 0 Å². The number of piperidine rings is 1. The molecule has 1 saturated carbocycles. The number of likely N-dealkylation sites (tertiary alicyclic amines) is 1. The molecule has 1 saturated heterocycles. The third-order valence-electron chi connectivity index (χ3n) is 5.94. The van der Waals surface area contributed by atoms with Crippen molar-refractivity contribution in [3.05, 3.63) is 46.8 Å². The molecule has 2 fully saturated rings. The minimum atomic E-state index is -0.460. The molecule has 0 N–H and O–H groups in total. The Balaban J connectivity index is 1.63. The van der Waals surface area contributed by atoms with Gasteiger partial charge >= 0.3 is 5.97 Å². The molecule has 1 aromatic carbocycles. The Kier molecular flexibility index (Phi) is 5.91. The number of ether oxygens (including phenoxy) is 1. The number of nitrogens with zero attached hydrogens (tertiary/aromatic N) is 2. The Labute approximate surface area is 163 Å². The van der Waals surface area contributed by atoms with E-state index in [2.05, 4.69) is 9.74 Å². The molecule has 1 aliphatic carbocycles. The molecule has 1 aromatic rings. The molecule has 1 heterocycles. The Bertz CT molecular complexity index is 683. The van der Waals surface area contributed by atoms with E-state index in [1.807, 2.05) is 45.0 Å². The first kappa shape index (κ1) is 19.9. The van der Waals surface area contributed by atoms with Crippen molar-refractivity contribution >= 4 is 5.97 Å². The number of benzene rings is 1. The first-order valence-electron chi connectivity index (χ1n) is 10.3. The van der Waals surface area contributed by atoms with Gasteiger partial charge in [0.25, 0.3) is 5.54 Å². The number of esters is 1. The normalized spacial score (nSPS) is 21.0. The predicted octanol–water partition coefficient (Wildman–Crippen LogP) is 4.72. The zero-order chi connectivity index (χ0) is 19.5. The van der Waals surface area contributed by atoms with Crippen molar-refractivity contribution in [2.24, 2.45) is 0 Å². The molecule has 4 heteroatoms. The highest BCUT2D eigenvalue weighted by Gasteiger charge is 2.43. The lowest BCUT2D eigenvalue weighted by Gasteiger charge is -2.37. The molecule has 0 amide bonds. The average molecular weight is 369 g/mol. The summed E-state index contributed by atoms with van der Waals surface area (Å²) in [5.41, 5.74) is 1.17. The van der Waals surface area contributed by atoms with Crippen molar-refractivity contribution in [1.82, 2.24) is 4.90 Å². The Morgan fingerprint density at radius 3 is 2.30 bits per heavy atom. The fraction of sp³-hybridized carbons (Fsp3) is 0.652. The molecular formula is C23H32N2O2. The van der Waals surface area contributed by atoms with Crippen LogP contribution in [0.3, 0.4) is 0 Å². The van der Waals surface area contributed by atoms with Crippen LogP contribution in [-0.2, 0) is 21.5 Å². The van der Waals surface area contributed by atoms with Gasteiger partial charge in [0.05, 0.1) is 6.42 Å². The van der Waals surface area contributed by atoms with Crippen LogP contribution in [-0.4, -0.2) is 35.6 Å². The molecule has 0 bridgehead atoms. The monoisotopic (exact) mass is 368 g/mol. The summed E-state index contributed by atoms with van der Waals surface area (Å²) in [5, 5.41) is 0. The second-order valence-corrected chi connectivity index (χ2v) is 9.08. The molecule has 0 aromatic heterocycles. The lowest BCUT2D eigenvalue weighted by molar-refractivity contribution is -0.153. The fourth-order valence-corrected chi connectivity index (χ4v) is 4.47. The van der Waals surface area contributed by atoms with Gasteiger partial charge in [-0.2, -0.15) is 0 Å². The topological polar surface area (TPSA) is 33.9 Å². The van der Waals surface area contributed by atoms with E-state index in [0.29, 0.717) is 0 Å². The van der Waals surface area contributed by atoms with Crippen molar-refractivity contribution in [2.75, 3.05) is 13.1 Å². The number of carbonyl (C=O) groups is 1. The number of hydrogen-bond acceptors (Lipinski definition) is 3. The van der Waals surface area contributed by atoms with Gasteiger partial charge < -0.3 is 9.58 Å². The minimum absolute atomic E-state index is 0.208. The van der Waals surface area contributed by atoms with Crippen molar-refractivity contribution in [1.29, 1.82) is 0 Å². The van der Waals surface area contributed by atoms with Gasteiger partial charge in [0, 0.05) is 37.5 Å². The van der Waals surface area contributed by atoms with Gasteiger partial charge in [-0.3, -0.25) is 9.69 Å². The zero-order valence-corrected chi connectivity index (χ0v) is 17.0. The molecule has 2 aliphatic rings. The number of rotatable bonds is 4. The van der Waals surface area contributed by atoms with E-state index in [0.717, 1.165) is 43.1 Å². The van der Waals surface area contributed by atoms with Crippen LogP contribution in [0.4, 0.5) is 0 Å². The Morgan fingerprint density at radius 2 is 1.78 bits per heavy atom. The quantitative estimate of drug-likeness (QED) is 0.569. The summed E-state index contributed by atoms with van der Waals surface area (Å²) in [7, 11) is 0. The summed E-state index contributed by atoms with van der Waals surface area (Å²) in [4.78, 5) is 18.7. The van der Waals surface area contributed by atoms with Gasteiger partial charge in [-0.15, -0.1) is 0 Å². The summed E-state index contributed by atoms with van der Waals surface area (Å²) in [6, 6.07) is 8.79. The maximum atomic E-state index is 12.0. The molecule has 27 heavy (non-hydrogen) atoms. The standard InChI is InChI=1S/C23H32N2O2/c1-22(2,3)27-21(26)17-18-9-11-19(12-10-18)23(24-4)13-15-25(16-14-23)20-7-5-6-8-20/h9-12,20H,5-8,13-17H2,1-3H3. The van der Waals surface area contributed by atoms with E-state index in [9.17, 15) is 4.79 Å². The van der Waals surface area contributed by atoms with Crippen LogP contribution < -0.4 is 0 Å². The minimum Gasteiger partial charge on any atom is -0.460 e. The lowest BCUT2D eigenvalue weighted by atomic mass is 9.81.